The molecule has 7 atom stereocenters. The summed E-state index contributed by atoms with van der Waals surface area (Å²) in [6.45, 7) is 8.08. The molecule has 1 saturated heterocycles. The molecule has 2 heterocycles. The highest BCUT2D eigenvalue weighted by Crippen LogP contribution is 2.99. The molecule has 6 nitrogen and oxygen atoms in total. The Morgan fingerprint density at radius 2 is 2.11 bits per heavy atom. The number of likely N-dealkylation sites (tertiary alicyclic amines) is 1. The van der Waals surface area contributed by atoms with Crippen LogP contribution in [0, 0.1) is 22.7 Å². The van der Waals surface area contributed by atoms with E-state index in [-0.39, 0.29) is 28.3 Å². The topological polar surface area (TPSA) is 68.2 Å². The molecular weight excluding hydrogens is 466 g/mol. The van der Waals surface area contributed by atoms with Gasteiger partial charge in [0.25, 0.3) is 0 Å². The molecule has 2 aliphatic heterocycles. The number of carbonyl (C=O) groups excluding carboxylic acids is 1. The van der Waals surface area contributed by atoms with Crippen molar-refractivity contribution in [3.63, 3.8) is 0 Å². The van der Waals surface area contributed by atoms with Crippen molar-refractivity contribution >= 4 is 5.97 Å². The number of allylic oxidation sites excluding steroid dienone is 3. The molecule has 6 aliphatic carbocycles. The van der Waals surface area contributed by atoms with Crippen LogP contribution in [0.15, 0.2) is 36.4 Å². The summed E-state index contributed by atoms with van der Waals surface area (Å²) in [7, 11) is 1.81. The molecule has 4 bridgehead atoms. The van der Waals surface area contributed by atoms with Crippen molar-refractivity contribution in [1.82, 2.24) is 4.90 Å². The summed E-state index contributed by atoms with van der Waals surface area (Å²) in [6.07, 6.45) is 12.3. The molecule has 5 saturated carbocycles. The van der Waals surface area contributed by atoms with E-state index in [2.05, 4.69) is 11.0 Å². The number of hydrogen-bond donors (Lipinski definition) is 1. The number of methoxy groups -OCH3 is 1. The van der Waals surface area contributed by atoms with Gasteiger partial charge in [0.05, 0.1) is 11.0 Å². The van der Waals surface area contributed by atoms with Crippen LogP contribution in [-0.4, -0.2) is 59.5 Å². The lowest BCUT2D eigenvalue weighted by molar-refractivity contribution is -0.213. The predicted molar refractivity (Wildman–Crippen MR) is 138 cm³/mol. The van der Waals surface area contributed by atoms with Crippen LogP contribution in [0.2, 0.25) is 0 Å². The Balaban J connectivity index is 1.29. The van der Waals surface area contributed by atoms with E-state index in [1.165, 1.54) is 36.6 Å². The molecule has 9 rings (SSSR count). The molecule has 0 radical (unpaired) electrons. The van der Waals surface area contributed by atoms with Gasteiger partial charge in [0.1, 0.15) is 11.7 Å². The number of piperidine rings is 1. The zero-order valence-corrected chi connectivity index (χ0v) is 22.3. The monoisotopic (exact) mass is 503 g/mol. The number of carbonyl (C=O) groups is 1. The van der Waals surface area contributed by atoms with Crippen LogP contribution in [0.1, 0.15) is 57.6 Å². The first-order valence-electron chi connectivity index (χ1n) is 14.1. The maximum absolute atomic E-state index is 12.6. The van der Waals surface area contributed by atoms with Crippen molar-refractivity contribution < 1.29 is 24.1 Å². The largest absolute Gasteiger partial charge is 0.482 e. The van der Waals surface area contributed by atoms with E-state index in [4.69, 9.17) is 14.2 Å². The summed E-state index contributed by atoms with van der Waals surface area (Å²) in [5, 5.41) is 11.5. The highest BCUT2D eigenvalue weighted by molar-refractivity contribution is 5.85. The van der Waals surface area contributed by atoms with Crippen molar-refractivity contribution in [1.29, 1.82) is 0 Å². The molecule has 0 amide bonds. The Kier molecular flexibility index (Phi) is 4.13. The number of fused-ring (bicyclic) bond motifs is 1. The fourth-order valence-corrected chi connectivity index (χ4v) is 10.7. The summed E-state index contributed by atoms with van der Waals surface area (Å²) in [5.41, 5.74) is 1.24. The Bertz CT molecular complexity index is 1290. The molecule has 3 spiro atoms. The van der Waals surface area contributed by atoms with Crippen LogP contribution in [0.3, 0.4) is 0 Å². The quantitative estimate of drug-likeness (QED) is 0.263. The third-order valence-corrected chi connectivity index (χ3v) is 11.7. The number of nitrogens with zero attached hydrogens (tertiary/aromatic N) is 1. The minimum Gasteiger partial charge on any atom is -0.482 e. The van der Waals surface area contributed by atoms with Gasteiger partial charge in [0.2, 0.25) is 0 Å². The number of hydrogen-bond acceptors (Lipinski definition) is 6. The van der Waals surface area contributed by atoms with E-state index in [1.54, 1.807) is 13.2 Å². The molecule has 4 unspecified atom stereocenters. The second-order valence-corrected chi connectivity index (χ2v) is 13.4. The van der Waals surface area contributed by atoms with Crippen LogP contribution < -0.4 is 9.47 Å². The number of esters is 1. The van der Waals surface area contributed by atoms with Crippen molar-refractivity contribution in [2.75, 3.05) is 20.2 Å². The van der Waals surface area contributed by atoms with E-state index in [9.17, 15) is 9.90 Å². The van der Waals surface area contributed by atoms with Crippen LogP contribution in [-0.2, 0) is 21.4 Å². The van der Waals surface area contributed by atoms with Crippen molar-refractivity contribution in [2.45, 2.75) is 81.6 Å². The van der Waals surface area contributed by atoms with Crippen LogP contribution in [0.25, 0.3) is 0 Å². The van der Waals surface area contributed by atoms with Crippen molar-refractivity contribution in [3.05, 3.63) is 47.6 Å². The Labute approximate surface area is 218 Å². The lowest BCUT2D eigenvalue weighted by atomic mass is 9.53. The number of rotatable bonds is 7. The maximum Gasteiger partial charge on any atom is 0.336 e. The minimum atomic E-state index is -0.882. The second-order valence-electron chi connectivity index (χ2n) is 13.4. The molecule has 6 heteroatoms. The fraction of sp³-hybridized carbons (Fsp3) is 0.645. The van der Waals surface area contributed by atoms with Crippen LogP contribution >= 0.6 is 0 Å². The molecular formula is C31H37NO5. The van der Waals surface area contributed by atoms with Gasteiger partial charge in [-0.15, -0.1) is 0 Å². The average molecular weight is 504 g/mol. The number of benzene rings is 1. The lowest BCUT2D eigenvalue weighted by Crippen LogP contribution is -2.67. The third-order valence-electron chi connectivity index (χ3n) is 11.7. The molecule has 196 valence electrons. The van der Waals surface area contributed by atoms with Crippen molar-refractivity contribution in [3.8, 4) is 11.5 Å². The maximum atomic E-state index is 12.6. The normalized spacial score (nSPS) is 44.0. The van der Waals surface area contributed by atoms with Crippen LogP contribution in [0.5, 0.6) is 11.5 Å². The standard InChI is InChI=1S/C31H37NO5/c1-5-6-7-8-23(33)36-20-12-11-19-13-22-30-14-21(27(2,3)34)29(35-4)16-28(30,17-32(22)15-18-9-10-18)31(30)24(19)25(20)37-26(29)31/h5-8,11-12,18,21-22,26,34H,9-10,13-17H2,1-4H3/b6-5+,8-7+/t21-,22-,26+,28?,29?,30?,31?/m1/s1. The lowest BCUT2D eigenvalue weighted by Gasteiger charge is -2.57. The summed E-state index contributed by atoms with van der Waals surface area (Å²) in [4.78, 5) is 15.4. The average Bonchev–Trinajstić information content (AvgIpc) is 3.63. The van der Waals surface area contributed by atoms with Gasteiger partial charge in [-0.05, 0) is 70.4 Å². The SMILES string of the molecule is C/C=C/C=C/C(=O)Oc1ccc2c3c1O[C@H]1C4(OC)CC56CN(CC7CC7)[C@H](C2)C5(C[C@@H]4C(C)(C)O)C316. The van der Waals surface area contributed by atoms with Gasteiger partial charge < -0.3 is 19.3 Å². The molecule has 1 N–H and O–H groups in total. The first-order valence-corrected chi connectivity index (χ1v) is 14.1. The minimum absolute atomic E-state index is 0.0206. The number of aliphatic hydroxyl groups is 1. The van der Waals surface area contributed by atoms with E-state index >= 15 is 0 Å². The molecule has 1 aromatic carbocycles. The van der Waals surface area contributed by atoms with Gasteiger partial charge >= 0.3 is 5.97 Å². The van der Waals surface area contributed by atoms with Gasteiger partial charge in [0, 0.05) is 54.6 Å². The molecule has 8 aliphatic rings. The van der Waals surface area contributed by atoms with E-state index in [1.807, 2.05) is 39.0 Å². The molecule has 0 aromatic heterocycles. The van der Waals surface area contributed by atoms with Gasteiger partial charge in [-0.25, -0.2) is 4.79 Å². The molecule has 37 heavy (non-hydrogen) atoms. The van der Waals surface area contributed by atoms with Crippen molar-refractivity contribution in [2.24, 2.45) is 22.7 Å². The second kappa shape index (κ2) is 6.70. The Morgan fingerprint density at radius 1 is 1.30 bits per heavy atom. The molecule has 6 fully saturated rings. The van der Waals surface area contributed by atoms with E-state index < -0.39 is 17.2 Å². The van der Waals surface area contributed by atoms with E-state index in [0.717, 1.165) is 37.5 Å². The van der Waals surface area contributed by atoms with Crippen LogP contribution in [0.4, 0.5) is 0 Å². The first-order chi connectivity index (χ1) is 17.7. The summed E-state index contributed by atoms with van der Waals surface area (Å²) < 4.78 is 19.4. The zero-order valence-electron chi connectivity index (χ0n) is 22.3. The highest BCUT2D eigenvalue weighted by Gasteiger charge is 3.05. The first kappa shape index (κ1) is 22.8. The van der Waals surface area contributed by atoms with E-state index in [0.29, 0.717) is 11.8 Å². The van der Waals surface area contributed by atoms with Gasteiger partial charge in [0.15, 0.2) is 11.5 Å². The summed E-state index contributed by atoms with van der Waals surface area (Å²) >= 11 is 0. The van der Waals surface area contributed by atoms with Gasteiger partial charge in [-0.1, -0.05) is 24.3 Å². The van der Waals surface area contributed by atoms with Gasteiger partial charge in [-0.2, -0.15) is 0 Å². The van der Waals surface area contributed by atoms with Gasteiger partial charge in [-0.3, -0.25) is 4.90 Å². The zero-order chi connectivity index (χ0) is 25.6. The Morgan fingerprint density at radius 3 is 2.81 bits per heavy atom. The Hall–Kier alpha value is -2.15. The summed E-state index contributed by atoms with van der Waals surface area (Å²) in [6, 6.07) is 4.57. The fourth-order valence-electron chi connectivity index (χ4n) is 10.7. The number of ether oxygens (including phenoxy) is 3. The molecule has 1 aromatic rings. The smallest absolute Gasteiger partial charge is 0.336 e. The third kappa shape index (κ3) is 2.28. The summed E-state index contributed by atoms with van der Waals surface area (Å²) in [5.74, 6) is 1.67. The predicted octanol–water partition coefficient (Wildman–Crippen LogP) is 3.94. The highest BCUT2D eigenvalue weighted by atomic mass is 16.6.